The van der Waals surface area contributed by atoms with Crippen LogP contribution >= 0.6 is 15.9 Å². The lowest BCUT2D eigenvalue weighted by Crippen LogP contribution is -2.29. The predicted octanol–water partition coefficient (Wildman–Crippen LogP) is 2.27. The minimum Gasteiger partial charge on any atom is -0.481 e. The summed E-state index contributed by atoms with van der Waals surface area (Å²) < 4.78 is 14.3. The molecule has 0 aliphatic heterocycles. The molecule has 2 atom stereocenters. The second-order valence-electron chi connectivity index (χ2n) is 4.72. The minimum absolute atomic E-state index is 0.132. The Morgan fingerprint density at radius 1 is 1.47 bits per heavy atom. The quantitative estimate of drug-likeness (QED) is 0.921. The number of nitrogens with zero attached hydrogens (tertiary/aromatic N) is 1. The molecule has 2 unspecified atom stereocenters. The first-order chi connectivity index (χ1) is 8.90. The van der Waals surface area contributed by atoms with Gasteiger partial charge in [0.05, 0.1) is 11.8 Å². The van der Waals surface area contributed by atoms with E-state index in [1.807, 2.05) is 0 Å². The number of carboxylic acid groups (broad SMARTS) is 1. The fourth-order valence-corrected chi connectivity index (χ4v) is 2.43. The van der Waals surface area contributed by atoms with Gasteiger partial charge < -0.3 is 10.0 Å². The molecule has 1 aliphatic carbocycles. The molecule has 0 heterocycles. The van der Waals surface area contributed by atoms with E-state index in [2.05, 4.69) is 15.9 Å². The lowest BCUT2D eigenvalue weighted by atomic mass is 10.2. The second kappa shape index (κ2) is 5.28. The van der Waals surface area contributed by atoms with Crippen molar-refractivity contribution in [2.75, 3.05) is 7.05 Å². The molecule has 4 nitrogen and oxygen atoms in total. The summed E-state index contributed by atoms with van der Waals surface area (Å²) in [5.74, 6) is -2.61. The summed E-state index contributed by atoms with van der Waals surface area (Å²) in [6.45, 7) is 0.132. The summed E-state index contributed by atoms with van der Waals surface area (Å²) in [6.07, 6.45) is 0.374. The van der Waals surface area contributed by atoms with E-state index in [1.165, 1.54) is 11.0 Å². The van der Waals surface area contributed by atoms with E-state index in [-0.39, 0.29) is 18.3 Å². The third kappa shape index (κ3) is 3.12. The van der Waals surface area contributed by atoms with E-state index in [4.69, 9.17) is 5.11 Å². The van der Waals surface area contributed by atoms with Crippen molar-refractivity contribution in [2.45, 2.75) is 13.0 Å². The number of benzene rings is 1. The van der Waals surface area contributed by atoms with Crippen molar-refractivity contribution in [1.29, 1.82) is 0 Å². The topological polar surface area (TPSA) is 57.6 Å². The Morgan fingerprint density at radius 3 is 2.74 bits per heavy atom. The third-order valence-corrected chi connectivity index (χ3v) is 3.71. The van der Waals surface area contributed by atoms with Gasteiger partial charge in [-0.05, 0) is 24.6 Å². The average Bonchev–Trinajstić information content (AvgIpc) is 3.13. The second-order valence-corrected chi connectivity index (χ2v) is 5.63. The number of aliphatic carboxylic acids is 1. The Bertz CT molecular complexity index is 535. The van der Waals surface area contributed by atoms with Crippen molar-refractivity contribution in [3.8, 4) is 0 Å². The van der Waals surface area contributed by atoms with Crippen LogP contribution in [0.5, 0.6) is 0 Å². The van der Waals surface area contributed by atoms with Gasteiger partial charge in [-0.15, -0.1) is 0 Å². The number of carbonyl (C=O) groups excluding carboxylic acids is 1. The summed E-state index contributed by atoms with van der Waals surface area (Å²) in [5.41, 5.74) is 0.401. The van der Waals surface area contributed by atoms with Gasteiger partial charge in [-0.1, -0.05) is 15.9 Å². The lowest BCUT2D eigenvalue weighted by Gasteiger charge is -2.17. The molecule has 1 N–H and O–H groups in total. The van der Waals surface area contributed by atoms with Crippen LogP contribution in [0.4, 0.5) is 4.39 Å². The van der Waals surface area contributed by atoms with Gasteiger partial charge in [0.15, 0.2) is 0 Å². The smallest absolute Gasteiger partial charge is 0.307 e. The minimum atomic E-state index is -0.944. The first-order valence-corrected chi connectivity index (χ1v) is 6.61. The predicted molar refractivity (Wildman–Crippen MR) is 69.8 cm³/mol. The zero-order valence-electron chi connectivity index (χ0n) is 10.3. The van der Waals surface area contributed by atoms with Gasteiger partial charge in [0.2, 0.25) is 5.91 Å². The van der Waals surface area contributed by atoms with Crippen LogP contribution in [0.3, 0.4) is 0 Å². The van der Waals surface area contributed by atoms with Crippen molar-refractivity contribution in [1.82, 2.24) is 4.90 Å². The van der Waals surface area contributed by atoms with Gasteiger partial charge >= 0.3 is 5.97 Å². The SMILES string of the molecule is CN(Cc1cc(Br)ccc1F)C(=O)C1CC1C(=O)O. The van der Waals surface area contributed by atoms with Crippen LogP contribution in [0.2, 0.25) is 0 Å². The standard InChI is InChI=1S/C13H13BrFNO3/c1-16(12(17)9-5-10(9)13(18)19)6-7-4-8(14)2-3-11(7)15/h2-4,9-10H,5-6H2,1H3,(H,18,19). The maximum Gasteiger partial charge on any atom is 0.307 e. The van der Waals surface area contributed by atoms with Crippen LogP contribution in [-0.4, -0.2) is 28.9 Å². The Morgan fingerprint density at radius 2 is 2.16 bits per heavy atom. The van der Waals surface area contributed by atoms with Gasteiger partial charge in [-0.2, -0.15) is 0 Å². The summed E-state index contributed by atoms with van der Waals surface area (Å²) in [4.78, 5) is 24.0. The third-order valence-electron chi connectivity index (χ3n) is 3.22. The van der Waals surface area contributed by atoms with Crippen LogP contribution in [0.1, 0.15) is 12.0 Å². The van der Waals surface area contributed by atoms with Crippen molar-refractivity contribution in [3.05, 3.63) is 34.1 Å². The zero-order chi connectivity index (χ0) is 14.2. The highest BCUT2D eigenvalue weighted by molar-refractivity contribution is 9.10. The highest BCUT2D eigenvalue weighted by Crippen LogP contribution is 2.40. The summed E-state index contributed by atoms with van der Waals surface area (Å²) in [5, 5.41) is 8.79. The van der Waals surface area contributed by atoms with E-state index >= 15 is 0 Å². The van der Waals surface area contributed by atoms with Gasteiger partial charge in [0, 0.05) is 23.6 Å². The van der Waals surface area contributed by atoms with E-state index in [1.54, 1.807) is 19.2 Å². The molecule has 2 rings (SSSR count). The Kier molecular flexibility index (Phi) is 3.89. The molecule has 6 heteroatoms. The van der Waals surface area contributed by atoms with E-state index in [0.29, 0.717) is 12.0 Å². The summed E-state index contributed by atoms with van der Waals surface area (Å²) in [7, 11) is 1.56. The number of carboxylic acids is 1. The molecule has 1 aromatic carbocycles. The maximum absolute atomic E-state index is 13.6. The highest BCUT2D eigenvalue weighted by Gasteiger charge is 2.49. The number of rotatable bonds is 4. The van der Waals surface area contributed by atoms with Crippen molar-refractivity contribution in [2.24, 2.45) is 11.8 Å². The molecule has 0 bridgehead atoms. The molecule has 19 heavy (non-hydrogen) atoms. The molecular formula is C13H13BrFNO3. The summed E-state index contributed by atoms with van der Waals surface area (Å²) >= 11 is 3.25. The van der Waals surface area contributed by atoms with Gasteiger partial charge in [-0.25, -0.2) is 4.39 Å². The molecule has 0 spiro atoms. The molecule has 0 saturated heterocycles. The summed E-state index contributed by atoms with van der Waals surface area (Å²) in [6, 6.07) is 4.53. The molecule has 1 aliphatic rings. The zero-order valence-corrected chi connectivity index (χ0v) is 11.9. The van der Waals surface area contributed by atoms with Gasteiger partial charge in [0.1, 0.15) is 5.82 Å². The molecular weight excluding hydrogens is 317 g/mol. The fourth-order valence-electron chi connectivity index (χ4n) is 2.02. The molecule has 0 aromatic heterocycles. The number of hydrogen-bond acceptors (Lipinski definition) is 2. The lowest BCUT2D eigenvalue weighted by molar-refractivity contribution is -0.141. The van der Waals surface area contributed by atoms with E-state index in [0.717, 1.165) is 4.47 Å². The van der Waals surface area contributed by atoms with Crippen molar-refractivity contribution < 1.29 is 19.1 Å². The molecule has 1 fully saturated rings. The molecule has 102 valence electrons. The Labute approximate surface area is 118 Å². The van der Waals surface area contributed by atoms with Crippen LogP contribution in [0, 0.1) is 17.7 Å². The fraction of sp³-hybridized carbons (Fsp3) is 0.385. The average molecular weight is 330 g/mol. The maximum atomic E-state index is 13.6. The molecule has 0 radical (unpaired) electrons. The normalized spacial score (nSPS) is 21.0. The molecule has 1 aromatic rings. The van der Waals surface area contributed by atoms with Crippen LogP contribution in [0.15, 0.2) is 22.7 Å². The number of amides is 1. The van der Waals surface area contributed by atoms with Crippen LogP contribution in [0.25, 0.3) is 0 Å². The number of carbonyl (C=O) groups is 2. The Hall–Kier alpha value is -1.43. The molecule has 1 saturated carbocycles. The highest BCUT2D eigenvalue weighted by atomic mass is 79.9. The van der Waals surface area contributed by atoms with E-state index in [9.17, 15) is 14.0 Å². The monoisotopic (exact) mass is 329 g/mol. The Balaban J connectivity index is 2.01. The van der Waals surface area contributed by atoms with Crippen LogP contribution < -0.4 is 0 Å². The van der Waals surface area contributed by atoms with Gasteiger partial charge in [-0.3, -0.25) is 9.59 Å². The van der Waals surface area contributed by atoms with Gasteiger partial charge in [0.25, 0.3) is 0 Å². The largest absolute Gasteiger partial charge is 0.481 e. The van der Waals surface area contributed by atoms with Crippen molar-refractivity contribution >= 4 is 27.8 Å². The number of halogens is 2. The van der Waals surface area contributed by atoms with E-state index < -0.39 is 17.8 Å². The number of hydrogen-bond donors (Lipinski definition) is 1. The molecule has 1 amide bonds. The first kappa shape index (κ1) is 14.0. The van der Waals surface area contributed by atoms with Crippen molar-refractivity contribution in [3.63, 3.8) is 0 Å². The van der Waals surface area contributed by atoms with Crippen LogP contribution in [-0.2, 0) is 16.1 Å². The first-order valence-electron chi connectivity index (χ1n) is 5.82.